The van der Waals surface area contributed by atoms with Crippen molar-refractivity contribution in [1.82, 2.24) is 9.13 Å². The number of para-hydroxylation sites is 2. The Labute approximate surface area is 433 Å². The highest BCUT2D eigenvalue weighted by molar-refractivity contribution is 6.02. The maximum atomic E-state index is 13.9. The minimum absolute atomic E-state index is 0.0779. The number of carbonyl (C=O) groups is 4. The number of hydrogen-bond acceptors (Lipinski definition) is 13. The van der Waals surface area contributed by atoms with Gasteiger partial charge in [0.05, 0.1) is 52.5 Å². The first-order valence-electron chi connectivity index (χ1n) is 25.3. The van der Waals surface area contributed by atoms with Crippen molar-refractivity contribution in [3.8, 4) is 22.3 Å². The average molecular weight is 1030 g/mol. The van der Waals surface area contributed by atoms with Crippen molar-refractivity contribution in [1.29, 1.82) is 0 Å². The standard InChI is InChI=1S/C58H62F2N2O13/c1-37(2)61-49-11-7-5-9-47(49)55(39-13-17-41(59)18-14-39)51(61)23-21-43-33-45(35-53(63)72-43)74-57(65)70-31-29-68-27-25-67-26-28-69-30-32-71-58(66)75-46-34-44(73-54(64)36-46)22-24-52-56(40-15-19-42(60)20-16-40)48-10-6-8-12-50(48)62(52)38(3)4/h5-24,37-38,43-46H,25-36H2,1-4H3. The number of cyclic esters (lactones) is 2. The monoisotopic (exact) mass is 1030 g/mol. The molecule has 4 aromatic carbocycles. The highest BCUT2D eigenvalue weighted by Crippen LogP contribution is 2.40. The second kappa shape index (κ2) is 25.7. The lowest BCUT2D eigenvalue weighted by Crippen LogP contribution is -2.34. The van der Waals surface area contributed by atoms with Gasteiger partial charge in [0.2, 0.25) is 0 Å². The lowest BCUT2D eigenvalue weighted by molar-refractivity contribution is -0.158. The van der Waals surface area contributed by atoms with Crippen LogP contribution in [0.1, 0.15) is 76.8 Å². The molecule has 0 spiro atoms. The van der Waals surface area contributed by atoms with Crippen molar-refractivity contribution in [3.63, 3.8) is 0 Å². The molecule has 0 N–H and O–H groups in total. The SMILES string of the molecule is CC(C)n1c(C=CC2CC(OC(=O)OCCOCCOCCOCCOC(=O)OC3CC(=O)OC(C=Cc4c(-c5ccc(F)cc5)c5ccccc5n4C(C)C)C3)CC(=O)O2)c(-c2ccc(F)cc2)c2ccccc21. The fourth-order valence-electron chi connectivity index (χ4n) is 9.50. The molecular weight excluding hydrogens is 971 g/mol. The van der Waals surface area contributed by atoms with Crippen LogP contribution in [-0.2, 0) is 52.2 Å². The summed E-state index contributed by atoms with van der Waals surface area (Å²) in [6.45, 7) is 9.27. The second-order valence-electron chi connectivity index (χ2n) is 18.7. The molecule has 0 aliphatic carbocycles. The molecule has 8 rings (SSSR count). The lowest BCUT2D eigenvalue weighted by Gasteiger charge is -2.26. The summed E-state index contributed by atoms with van der Waals surface area (Å²) in [6, 6.07) is 28.9. The Morgan fingerprint density at radius 3 is 1.28 bits per heavy atom. The third-order valence-electron chi connectivity index (χ3n) is 12.6. The Hall–Kier alpha value is -7.34. The molecule has 2 aromatic heterocycles. The molecular formula is C58H62F2N2O13. The van der Waals surface area contributed by atoms with Gasteiger partial charge in [-0.2, -0.15) is 0 Å². The quantitative estimate of drug-likeness (QED) is 0.0359. The highest BCUT2D eigenvalue weighted by Gasteiger charge is 2.32. The molecule has 75 heavy (non-hydrogen) atoms. The fraction of sp³-hybridized carbons (Fsp3) is 0.379. The Bertz CT molecular complexity index is 2780. The van der Waals surface area contributed by atoms with Gasteiger partial charge in [-0.1, -0.05) is 60.7 Å². The summed E-state index contributed by atoms with van der Waals surface area (Å²) in [5, 5.41) is 2.01. The first-order valence-corrected chi connectivity index (χ1v) is 25.3. The van der Waals surface area contributed by atoms with Crippen molar-refractivity contribution >= 4 is 58.2 Å². The summed E-state index contributed by atoms with van der Waals surface area (Å²) in [5.41, 5.74) is 7.30. The molecule has 15 nitrogen and oxygen atoms in total. The van der Waals surface area contributed by atoms with Gasteiger partial charge in [-0.15, -0.1) is 0 Å². The molecule has 0 saturated carbocycles. The fourth-order valence-corrected chi connectivity index (χ4v) is 9.50. The van der Waals surface area contributed by atoms with Gasteiger partial charge in [0, 0.05) is 69.2 Å². The molecule has 2 aliphatic rings. The minimum atomic E-state index is -0.927. The predicted octanol–water partition coefficient (Wildman–Crippen LogP) is 11.6. The number of ether oxygens (including phenoxy) is 9. The summed E-state index contributed by atoms with van der Waals surface area (Å²) in [5.74, 6) is -1.68. The summed E-state index contributed by atoms with van der Waals surface area (Å²) < 4.78 is 81.2. The zero-order valence-corrected chi connectivity index (χ0v) is 42.5. The largest absolute Gasteiger partial charge is 0.508 e. The molecule has 2 saturated heterocycles. The first-order chi connectivity index (χ1) is 36.3. The topological polar surface area (TPSA) is 161 Å². The van der Waals surface area contributed by atoms with Crippen LogP contribution < -0.4 is 0 Å². The zero-order valence-electron chi connectivity index (χ0n) is 42.5. The third-order valence-corrected chi connectivity index (χ3v) is 12.6. The number of carbonyl (C=O) groups excluding carboxylic acids is 4. The number of hydrogen-bond donors (Lipinski definition) is 0. The van der Waals surface area contributed by atoms with E-state index in [-0.39, 0.29) is 102 Å². The zero-order chi connectivity index (χ0) is 52.8. The molecule has 4 heterocycles. The van der Waals surface area contributed by atoms with Crippen molar-refractivity contribution in [2.45, 2.75) is 89.9 Å². The van der Waals surface area contributed by atoms with Gasteiger partial charge in [0.1, 0.15) is 49.3 Å². The molecule has 0 amide bonds. The number of halogens is 2. The smallest absolute Gasteiger partial charge is 0.458 e. The van der Waals surface area contributed by atoms with Gasteiger partial charge in [-0.25, -0.2) is 18.4 Å². The summed E-state index contributed by atoms with van der Waals surface area (Å²) in [7, 11) is 0. The molecule has 2 aliphatic heterocycles. The molecule has 396 valence electrons. The number of fused-ring (bicyclic) bond motifs is 2. The molecule has 4 unspecified atom stereocenters. The summed E-state index contributed by atoms with van der Waals surface area (Å²) in [6.07, 6.45) is 2.92. The summed E-state index contributed by atoms with van der Waals surface area (Å²) in [4.78, 5) is 50.3. The van der Waals surface area contributed by atoms with Crippen LogP contribution in [0.4, 0.5) is 18.4 Å². The van der Waals surface area contributed by atoms with Crippen molar-refractivity contribution in [2.24, 2.45) is 0 Å². The van der Waals surface area contributed by atoms with Gasteiger partial charge in [-0.3, -0.25) is 9.59 Å². The minimum Gasteiger partial charge on any atom is -0.458 e. The van der Waals surface area contributed by atoms with Crippen LogP contribution >= 0.6 is 0 Å². The van der Waals surface area contributed by atoms with E-state index in [4.69, 9.17) is 42.6 Å². The Balaban J connectivity index is 0.689. The van der Waals surface area contributed by atoms with E-state index >= 15 is 0 Å². The number of benzene rings is 4. The van der Waals surface area contributed by atoms with Gasteiger partial charge >= 0.3 is 24.2 Å². The van der Waals surface area contributed by atoms with E-state index in [9.17, 15) is 28.0 Å². The van der Waals surface area contributed by atoms with Gasteiger partial charge < -0.3 is 51.8 Å². The van der Waals surface area contributed by atoms with Crippen LogP contribution in [0.25, 0.3) is 56.2 Å². The van der Waals surface area contributed by atoms with Crippen molar-refractivity contribution < 1.29 is 70.6 Å². The van der Waals surface area contributed by atoms with E-state index in [1.165, 1.54) is 24.3 Å². The van der Waals surface area contributed by atoms with E-state index in [1.54, 1.807) is 36.4 Å². The molecule has 2 fully saturated rings. The van der Waals surface area contributed by atoms with Crippen LogP contribution in [0.3, 0.4) is 0 Å². The lowest BCUT2D eigenvalue weighted by atomic mass is 10.0. The van der Waals surface area contributed by atoms with Crippen LogP contribution in [0.5, 0.6) is 0 Å². The third kappa shape index (κ3) is 14.1. The average Bonchev–Trinajstić information content (AvgIpc) is 3.90. The number of nitrogens with zero attached hydrogens (tertiary/aromatic N) is 2. The van der Waals surface area contributed by atoms with E-state index in [1.807, 2.05) is 60.7 Å². The van der Waals surface area contributed by atoms with E-state index < -0.39 is 48.7 Å². The van der Waals surface area contributed by atoms with Crippen LogP contribution in [0.15, 0.2) is 109 Å². The number of esters is 2. The highest BCUT2D eigenvalue weighted by atomic mass is 19.1. The first kappa shape index (κ1) is 53.9. The van der Waals surface area contributed by atoms with Crippen LogP contribution in [0, 0.1) is 11.6 Å². The predicted molar refractivity (Wildman–Crippen MR) is 277 cm³/mol. The maximum absolute atomic E-state index is 13.9. The van der Waals surface area contributed by atoms with Crippen molar-refractivity contribution in [2.75, 3.05) is 52.9 Å². The molecule has 4 atom stereocenters. The summed E-state index contributed by atoms with van der Waals surface area (Å²) >= 11 is 0. The van der Waals surface area contributed by atoms with E-state index in [2.05, 4.69) is 36.8 Å². The second-order valence-corrected chi connectivity index (χ2v) is 18.7. The molecule has 17 heteroatoms. The van der Waals surface area contributed by atoms with Gasteiger partial charge in [0.25, 0.3) is 0 Å². The molecule has 6 aromatic rings. The molecule has 0 radical (unpaired) electrons. The Morgan fingerprint density at radius 1 is 0.547 bits per heavy atom. The van der Waals surface area contributed by atoms with E-state index in [0.29, 0.717) is 0 Å². The number of aromatic nitrogens is 2. The van der Waals surface area contributed by atoms with Gasteiger partial charge in [0.15, 0.2) is 0 Å². The van der Waals surface area contributed by atoms with Crippen LogP contribution in [0.2, 0.25) is 0 Å². The Morgan fingerprint density at radius 2 is 0.907 bits per heavy atom. The maximum Gasteiger partial charge on any atom is 0.508 e. The molecule has 0 bridgehead atoms. The van der Waals surface area contributed by atoms with Crippen LogP contribution in [-0.4, -0.2) is 111 Å². The van der Waals surface area contributed by atoms with E-state index in [0.717, 1.165) is 55.4 Å². The normalized spacial score (nSPS) is 18.1. The van der Waals surface area contributed by atoms with Gasteiger partial charge in [-0.05, 0) is 99.5 Å². The van der Waals surface area contributed by atoms with Crippen molar-refractivity contribution in [3.05, 3.63) is 132 Å². The Kier molecular flexibility index (Phi) is 18.5. The number of rotatable bonds is 22.